The number of ether oxygens (including phenoxy) is 2. The molecule has 4 heteroatoms. The van der Waals surface area contributed by atoms with Crippen molar-refractivity contribution < 1.29 is 19.4 Å². The predicted molar refractivity (Wildman–Crippen MR) is 125 cm³/mol. The Kier molecular flexibility index (Phi) is 5.81. The van der Waals surface area contributed by atoms with Gasteiger partial charge in [0.1, 0.15) is 11.5 Å². The van der Waals surface area contributed by atoms with Crippen molar-refractivity contribution >= 4 is 27.5 Å². The van der Waals surface area contributed by atoms with Crippen LogP contribution < -0.4 is 9.47 Å². The first-order valence-corrected chi connectivity index (χ1v) is 10.4. The third-order valence-corrected chi connectivity index (χ3v) is 5.76. The molecule has 0 aliphatic carbocycles. The van der Waals surface area contributed by atoms with Crippen molar-refractivity contribution in [3.05, 3.63) is 71.8 Å². The maximum absolute atomic E-state index is 10.9. The Hall–Kier alpha value is -3.53. The zero-order valence-electron chi connectivity index (χ0n) is 18.1. The molecule has 0 saturated carbocycles. The fourth-order valence-corrected chi connectivity index (χ4v) is 4.37. The van der Waals surface area contributed by atoms with Gasteiger partial charge in [0.2, 0.25) is 0 Å². The van der Waals surface area contributed by atoms with Crippen LogP contribution >= 0.6 is 0 Å². The van der Waals surface area contributed by atoms with Crippen LogP contribution in [0, 0.1) is 6.92 Å². The Morgan fingerprint density at radius 2 is 1.65 bits per heavy atom. The van der Waals surface area contributed by atoms with E-state index in [1.54, 1.807) is 14.2 Å². The smallest absolute Gasteiger partial charge is 0.303 e. The Bertz CT molecular complexity index is 1270. The molecule has 0 saturated heterocycles. The summed E-state index contributed by atoms with van der Waals surface area (Å²) in [5.41, 5.74) is 4.21. The summed E-state index contributed by atoms with van der Waals surface area (Å²) in [6.45, 7) is 2.05. The Morgan fingerprint density at radius 1 is 0.871 bits per heavy atom. The normalized spacial score (nSPS) is 11.1. The lowest BCUT2D eigenvalue weighted by Gasteiger charge is -2.19. The van der Waals surface area contributed by atoms with Crippen LogP contribution in [0.15, 0.2) is 60.7 Å². The quantitative estimate of drug-likeness (QED) is 0.380. The lowest BCUT2D eigenvalue weighted by atomic mass is 9.89. The number of fused-ring (bicyclic) bond motifs is 2. The largest absolute Gasteiger partial charge is 0.496 e. The topological polar surface area (TPSA) is 55.8 Å². The van der Waals surface area contributed by atoms with Crippen molar-refractivity contribution in [3.63, 3.8) is 0 Å². The maximum Gasteiger partial charge on any atom is 0.303 e. The number of methoxy groups -OCH3 is 2. The molecule has 0 atom stereocenters. The van der Waals surface area contributed by atoms with Crippen molar-refractivity contribution in [3.8, 4) is 22.6 Å². The highest BCUT2D eigenvalue weighted by Crippen LogP contribution is 2.46. The molecule has 0 aliphatic heterocycles. The third-order valence-electron chi connectivity index (χ3n) is 5.76. The summed E-state index contributed by atoms with van der Waals surface area (Å²) in [7, 11) is 3.40. The Labute approximate surface area is 182 Å². The number of aryl methyl sites for hydroxylation is 2. The summed E-state index contributed by atoms with van der Waals surface area (Å²) < 4.78 is 11.7. The minimum absolute atomic E-state index is 0.179. The van der Waals surface area contributed by atoms with Gasteiger partial charge in [0.25, 0.3) is 0 Å². The highest BCUT2D eigenvalue weighted by atomic mass is 16.5. The number of hydrogen-bond donors (Lipinski definition) is 1. The minimum Gasteiger partial charge on any atom is -0.496 e. The van der Waals surface area contributed by atoms with Crippen LogP contribution in [0.5, 0.6) is 11.5 Å². The second-order valence-corrected chi connectivity index (χ2v) is 7.77. The molecule has 31 heavy (non-hydrogen) atoms. The van der Waals surface area contributed by atoms with Crippen LogP contribution in [0.3, 0.4) is 0 Å². The highest BCUT2D eigenvalue weighted by Gasteiger charge is 2.20. The SMILES string of the molecule is COc1ccc2ccccc2c1-c1c(OC)c(C)cc2cc(CCCC(=O)O)ccc12. The van der Waals surface area contributed by atoms with Gasteiger partial charge in [0.05, 0.1) is 14.2 Å². The highest BCUT2D eigenvalue weighted by molar-refractivity contribution is 6.10. The van der Waals surface area contributed by atoms with Crippen LogP contribution in [0.25, 0.3) is 32.7 Å². The van der Waals surface area contributed by atoms with Crippen LogP contribution in [0.4, 0.5) is 0 Å². The van der Waals surface area contributed by atoms with Gasteiger partial charge in [-0.25, -0.2) is 0 Å². The first-order chi connectivity index (χ1) is 15.0. The fraction of sp³-hybridized carbons (Fsp3) is 0.222. The third kappa shape index (κ3) is 3.93. The monoisotopic (exact) mass is 414 g/mol. The number of aliphatic carboxylic acids is 1. The van der Waals surface area contributed by atoms with E-state index in [1.165, 1.54) is 0 Å². The molecular formula is C27H26O4. The molecule has 4 aromatic carbocycles. The van der Waals surface area contributed by atoms with Crippen LogP contribution in [-0.4, -0.2) is 25.3 Å². The molecular weight excluding hydrogens is 388 g/mol. The number of carboxylic acid groups (broad SMARTS) is 1. The molecule has 1 N–H and O–H groups in total. The van der Waals surface area contributed by atoms with Crippen LogP contribution in [-0.2, 0) is 11.2 Å². The average molecular weight is 415 g/mol. The van der Waals surface area contributed by atoms with E-state index in [1.807, 2.05) is 18.2 Å². The van der Waals surface area contributed by atoms with Crippen LogP contribution in [0.1, 0.15) is 24.0 Å². The van der Waals surface area contributed by atoms with E-state index in [2.05, 4.69) is 49.4 Å². The molecule has 4 aromatic rings. The Balaban J connectivity index is 1.97. The molecule has 0 radical (unpaired) electrons. The van der Waals surface area contributed by atoms with E-state index >= 15 is 0 Å². The molecule has 158 valence electrons. The molecule has 0 unspecified atom stereocenters. The summed E-state index contributed by atoms with van der Waals surface area (Å²) in [5, 5.41) is 13.4. The van der Waals surface area contributed by atoms with Gasteiger partial charge < -0.3 is 14.6 Å². The first-order valence-electron chi connectivity index (χ1n) is 10.4. The number of hydrogen-bond acceptors (Lipinski definition) is 3. The van der Waals surface area contributed by atoms with Crippen molar-refractivity contribution in [1.29, 1.82) is 0 Å². The molecule has 0 heterocycles. The predicted octanol–water partition coefficient (Wildman–Crippen LogP) is 6.39. The van der Waals surface area contributed by atoms with E-state index in [0.717, 1.165) is 61.7 Å². The molecule has 0 bridgehead atoms. The second kappa shape index (κ2) is 8.68. The summed E-state index contributed by atoms with van der Waals surface area (Å²) in [6, 6.07) is 20.9. The number of benzene rings is 4. The number of carbonyl (C=O) groups is 1. The van der Waals surface area contributed by atoms with Gasteiger partial charge >= 0.3 is 5.97 Å². The van der Waals surface area contributed by atoms with E-state index in [0.29, 0.717) is 6.42 Å². The fourth-order valence-electron chi connectivity index (χ4n) is 4.37. The van der Waals surface area contributed by atoms with E-state index in [4.69, 9.17) is 14.6 Å². The second-order valence-electron chi connectivity index (χ2n) is 7.77. The standard InChI is InChI=1S/C27H26O4/c1-17-15-20-16-18(7-6-10-24(28)29)11-13-22(20)26(27(17)31-3)25-21-9-5-4-8-19(21)12-14-23(25)30-2/h4-5,8-9,11-16H,6-7,10H2,1-3H3,(H,28,29). The summed E-state index contributed by atoms with van der Waals surface area (Å²) in [6.07, 6.45) is 1.54. The summed E-state index contributed by atoms with van der Waals surface area (Å²) in [5.74, 6) is 0.877. The number of rotatable bonds is 7. The average Bonchev–Trinajstić information content (AvgIpc) is 2.77. The van der Waals surface area contributed by atoms with Gasteiger partial charge in [0.15, 0.2) is 0 Å². The molecule has 0 amide bonds. The van der Waals surface area contributed by atoms with Gasteiger partial charge in [-0.15, -0.1) is 0 Å². The van der Waals surface area contributed by atoms with E-state index < -0.39 is 5.97 Å². The minimum atomic E-state index is -0.758. The van der Waals surface area contributed by atoms with Crippen molar-refractivity contribution in [2.45, 2.75) is 26.2 Å². The lowest BCUT2D eigenvalue weighted by Crippen LogP contribution is -1.98. The molecule has 0 aromatic heterocycles. The summed E-state index contributed by atoms with van der Waals surface area (Å²) >= 11 is 0. The van der Waals surface area contributed by atoms with Gasteiger partial charge in [-0.2, -0.15) is 0 Å². The molecule has 4 nitrogen and oxygen atoms in total. The first kappa shape index (κ1) is 20.7. The number of carboxylic acids is 1. The summed E-state index contributed by atoms with van der Waals surface area (Å²) in [4.78, 5) is 10.9. The van der Waals surface area contributed by atoms with Gasteiger partial charge in [-0.1, -0.05) is 48.5 Å². The molecule has 0 aliphatic rings. The van der Waals surface area contributed by atoms with E-state index in [-0.39, 0.29) is 6.42 Å². The maximum atomic E-state index is 10.9. The van der Waals surface area contributed by atoms with Crippen molar-refractivity contribution in [1.82, 2.24) is 0 Å². The lowest BCUT2D eigenvalue weighted by molar-refractivity contribution is -0.137. The molecule has 4 rings (SSSR count). The zero-order chi connectivity index (χ0) is 22.0. The van der Waals surface area contributed by atoms with E-state index in [9.17, 15) is 4.79 Å². The molecule has 0 spiro atoms. The van der Waals surface area contributed by atoms with Gasteiger partial charge in [-0.05, 0) is 64.6 Å². The Morgan fingerprint density at radius 3 is 2.39 bits per heavy atom. The van der Waals surface area contributed by atoms with Crippen molar-refractivity contribution in [2.24, 2.45) is 0 Å². The zero-order valence-corrected chi connectivity index (χ0v) is 18.1. The van der Waals surface area contributed by atoms with Crippen molar-refractivity contribution in [2.75, 3.05) is 14.2 Å². The molecule has 0 fully saturated rings. The van der Waals surface area contributed by atoms with Gasteiger partial charge in [-0.3, -0.25) is 4.79 Å². The van der Waals surface area contributed by atoms with Gasteiger partial charge in [0, 0.05) is 17.5 Å². The van der Waals surface area contributed by atoms with Crippen LogP contribution in [0.2, 0.25) is 0 Å².